The van der Waals surface area contributed by atoms with Gasteiger partial charge in [-0.25, -0.2) is 0 Å². The third-order valence-electron chi connectivity index (χ3n) is 4.65. The monoisotopic (exact) mass is 255 g/mol. The molecule has 1 aliphatic rings. The van der Waals surface area contributed by atoms with Crippen LogP contribution in [0.25, 0.3) is 0 Å². The molecule has 1 rings (SSSR count). The van der Waals surface area contributed by atoms with Crippen LogP contribution in [0.4, 0.5) is 0 Å². The van der Waals surface area contributed by atoms with Gasteiger partial charge in [-0.3, -0.25) is 4.90 Å². The number of rotatable bonds is 5. The molecule has 0 aromatic carbocycles. The van der Waals surface area contributed by atoms with Crippen molar-refractivity contribution in [2.45, 2.75) is 90.8 Å². The highest BCUT2D eigenvalue weighted by atomic mass is 16.3. The molecule has 0 spiro atoms. The number of hydrogen-bond acceptors (Lipinski definition) is 2. The van der Waals surface area contributed by atoms with E-state index in [1.807, 2.05) is 0 Å². The molecule has 2 heteroatoms. The van der Waals surface area contributed by atoms with Crippen LogP contribution in [0.5, 0.6) is 0 Å². The van der Waals surface area contributed by atoms with Crippen LogP contribution in [-0.4, -0.2) is 33.7 Å². The number of nitrogens with zero attached hydrogens (tertiary/aromatic N) is 1. The maximum Gasteiger partial charge on any atom is 0.0575 e. The van der Waals surface area contributed by atoms with Crippen LogP contribution >= 0.6 is 0 Å². The predicted molar refractivity (Wildman–Crippen MR) is 78.8 cm³/mol. The lowest BCUT2D eigenvalue weighted by Crippen LogP contribution is -2.62. The maximum atomic E-state index is 10.1. The molecule has 0 aliphatic carbocycles. The van der Waals surface area contributed by atoms with Gasteiger partial charge in [0.25, 0.3) is 0 Å². The molecule has 1 heterocycles. The minimum absolute atomic E-state index is 0.113. The quantitative estimate of drug-likeness (QED) is 0.807. The van der Waals surface area contributed by atoms with Crippen molar-refractivity contribution in [2.24, 2.45) is 5.92 Å². The Hall–Kier alpha value is -0.0800. The molecule has 1 saturated heterocycles. The zero-order chi connectivity index (χ0) is 14.0. The molecule has 1 unspecified atom stereocenters. The summed E-state index contributed by atoms with van der Waals surface area (Å²) in [4.78, 5) is 2.65. The van der Waals surface area contributed by atoms with Gasteiger partial charge in [0, 0.05) is 17.6 Å². The summed E-state index contributed by atoms with van der Waals surface area (Å²) < 4.78 is 0. The molecule has 0 aromatic rings. The zero-order valence-corrected chi connectivity index (χ0v) is 13.3. The fourth-order valence-corrected chi connectivity index (χ4v) is 3.85. The van der Waals surface area contributed by atoms with Crippen LogP contribution < -0.4 is 0 Å². The van der Waals surface area contributed by atoms with Gasteiger partial charge in [-0.05, 0) is 52.9 Å². The first kappa shape index (κ1) is 16.0. The molecule has 0 amide bonds. The van der Waals surface area contributed by atoms with E-state index in [9.17, 15) is 5.11 Å². The summed E-state index contributed by atoms with van der Waals surface area (Å²) in [5, 5.41) is 10.1. The number of hydrogen-bond donors (Lipinski definition) is 1. The van der Waals surface area contributed by atoms with Gasteiger partial charge >= 0.3 is 0 Å². The van der Waals surface area contributed by atoms with Gasteiger partial charge in [0.15, 0.2) is 0 Å². The lowest BCUT2D eigenvalue weighted by atomic mass is 9.77. The van der Waals surface area contributed by atoms with Gasteiger partial charge in [0.05, 0.1) is 6.10 Å². The molecule has 2 nitrogen and oxygen atoms in total. The normalized spacial score (nSPS) is 26.2. The van der Waals surface area contributed by atoms with Crippen LogP contribution in [0.2, 0.25) is 0 Å². The van der Waals surface area contributed by atoms with E-state index < -0.39 is 0 Å². The van der Waals surface area contributed by atoms with Crippen molar-refractivity contribution in [3.05, 3.63) is 0 Å². The summed E-state index contributed by atoms with van der Waals surface area (Å²) in [6.45, 7) is 14.9. The molecule has 1 fully saturated rings. The van der Waals surface area contributed by atoms with E-state index in [2.05, 4.69) is 46.4 Å². The molecule has 1 aliphatic heterocycles. The lowest BCUT2D eigenvalue weighted by molar-refractivity contribution is -0.0882. The second-order valence-electron chi connectivity index (χ2n) is 7.36. The van der Waals surface area contributed by atoms with Crippen molar-refractivity contribution in [2.75, 3.05) is 6.54 Å². The van der Waals surface area contributed by atoms with Crippen LogP contribution in [0.1, 0.15) is 73.6 Å². The summed E-state index contributed by atoms with van der Waals surface area (Å²) in [5.74, 6) is 0.795. The molecule has 108 valence electrons. The van der Waals surface area contributed by atoms with Crippen LogP contribution in [0.15, 0.2) is 0 Å². The van der Waals surface area contributed by atoms with Gasteiger partial charge in [0.2, 0.25) is 0 Å². The zero-order valence-electron chi connectivity index (χ0n) is 13.3. The van der Waals surface area contributed by atoms with E-state index >= 15 is 0 Å². The average molecular weight is 255 g/mol. The second kappa shape index (κ2) is 5.92. The van der Waals surface area contributed by atoms with E-state index in [0.29, 0.717) is 0 Å². The number of piperidine rings is 1. The Balaban J connectivity index is 2.81. The van der Waals surface area contributed by atoms with Gasteiger partial charge in [-0.1, -0.05) is 26.7 Å². The fraction of sp³-hybridized carbons (Fsp3) is 1.00. The van der Waals surface area contributed by atoms with E-state index in [4.69, 9.17) is 0 Å². The van der Waals surface area contributed by atoms with Gasteiger partial charge < -0.3 is 5.11 Å². The van der Waals surface area contributed by atoms with E-state index in [0.717, 1.165) is 18.8 Å². The molecular weight excluding hydrogens is 222 g/mol. The first-order chi connectivity index (χ1) is 8.23. The fourth-order valence-electron chi connectivity index (χ4n) is 3.85. The lowest BCUT2D eigenvalue weighted by Gasteiger charge is -2.55. The highest BCUT2D eigenvalue weighted by Crippen LogP contribution is 2.39. The summed E-state index contributed by atoms with van der Waals surface area (Å²) in [7, 11) is 0. The average Bonchev–Trinajstić information content (AvgIpc) is 2.19. The Morgan fingerprint density at radius 3 is 2.00 bits per heavy atom. The van der Waals surface area contributed by atoms with Gasteiger partial charge in [-0.15, -0.1) is 0 Å². The van der Waals surface area contributed by atoms with Gasteiger partial charge in [-0.2, -0.15) is 0 Å². The SMILES string of the molecule is CCCC(CC)CN1C(C)(C)CC(O)CC1(C)C. The van der Waals surface area contributed by atoms with E-state index in [1.54, 1.807) is 0 Å². The molecule has 18 heavy (non-hydrogen) atoms. The van der Waals surface area contributed by atoms with E-state index in [-0.39, 0.29) is 17.2 Å². The first-order valence-electron chi connectivity index (χ1n) is 7.68. The summed E-state index contributed by atoms with van der Waals surface area (Å²) in [6, 6.07) is 0. The number of aliphatic hydroxyl groups excluding tert-OH is 1. The minimum Gasteiger partial charge on any atom is -0.393 e. The highest BCUT2D eigenvalue weighted by molar-refractivity contribution is 5.00. The standard InChI is InChI=1S/C16H33NO/c1-7-9-13(8-2)12-17-15(3,4)10-14(18)11-16(17,5)6/h13-14,18H,7-12H2,1-6H3. The minimum atomic E-state index is -0.141. The third kappa shape index (κ3) is 3.71. The second-order valence-corrected chi connectivity index (χ2v) is 7.36. The molecule has 0 aromatic heterocycles. The molecule has 1 atom stereocenters. The van der Waals surface area contributed by atoms with Crippen molar-refractivity contribution < 1.29 is 5.11 Å². The summed E-state index contributed by atoms with van der Waals surface area (Å²) >= 11 is 0. The van der Waals surface area contributed by atoms with Crippen molar-refractivity contribution in [3.8, 4) is 0 Å². The molecule has 1 N–H and O–H groups in total. The molecular formula is C16H33NO. The molecule has 0 bridgehead atoms. The van der Waals surface area contributed by atoms with E-state index in [1.165, 1.54) is 25.8 Å². The Labute approximate surface area is 114 Å². The summed E-state index contributed by atoms with van der Waals surface area (Å²) in [5.41, 5.74) is 0.227. The summed E-state index contributed by atoms with van der Waals surface area (Å²) in [6.07, 6.45) is 5.52. The molecule has 0 saturated carbocycles. The Morgan fingerprint density at radius 1 is 1.11 bits per heavy atom. The predicted octanol–water partition coefficient (Wildman–Crippen LogP) is 3.83. The van der Waals surface area contributed by atoms with Crippen molar-refractivity contribution in [1.82, 2.24) is 4.90 Å². The first-order valence-corrected chi connectivity index (χ1v) is 7.68. The maximum absolute atomic E-state index is 10.1. The van der Waals surface area contributed by atoms with Crippen LogP contribution in [0, 0.1) is 5.92 Å². The Morgan fingerprint density at radius 2 is 1.61 bits per heavy atom. The largest absolute Gasteiger partial charge is 0.393 e. The third-order valence-corrected chi connectivity index (χ3v) is 4.65. The Kier molecular flexibility index (Phi) is 5.25. The number of likely N-dealkylation sites (tertiary alicyclic amines) is 1. The van der Waals surface area contributed by atoms with Gasteiger partial charge in [0.1, 0.15) is 0 Å². The van der Waals surface area contributed by atoms with Crippen LogP contribution in [0.3, 0.4) is 0 Å². The Bertz CT molecular complexity index is 242. The highest BCUT2D eigenvalue weighted by Gasteiger charge is 2.44. The van der Waals surface area contributed by atoms with Crippen LogP contribution in [-0.2, 0) is 0 Å². The molecule has 0 radical (unpaired) electrons. The van der Waals surface area contributed by atoms with Crippen molar-refractivity contribution >= 4 is 0 Å². The topological polar surface area (TPSA) is 23.5 Å². The van der Waals surface area contributed by atoms with Crippen molar-refractivity contribution in [3.63, 3.8) is 0 Å². The number of aliphatic hydroxyl groups is 1. The van der Waals surface area contributed by atoms with Crippen molar-refractivity contribution in [1.29, 1.82) is 0 Å². The smallest absolute Gasteiger partial charge is 0.0575 e.